The van der Waals surface area contributed by atoms with Gasteiger partial charge < -0.3 is 20.3 Å². The molecule has 5 nitrogen and oxygen atoms in total. The molecule has 1 atom stereocenters. The number of anilines is 2. The van der Waals surface area contributed by atoms with Crippen molar-refractivity contribution in [2.24, 2.45) is 5.92 Å². The van der Waals surface area contributed by atoms with Crippen LogP contribution in [-0.2, 0) is 11.2 Å². The van der Waals surface area contributed by atoms with Crippen LogP contribution in [0.15, 0.2) is 42.5 Å². The van der Waals surface area contributed by atoms with Gasteiger partial charge in [-0.2, -0.15) is 0 Å². The van der Waals surface area contributed by atoms with Gasteiger partial charge in [0.1, 0.15) is 0 Å². The van der Waals surface area contributed by atoms with Crippen molar-refractivity contribution in [2.75, 3.05) is 49.6 Å². The van der Waals surface area contributed by atoms with Gasteiger partial charge in [-0.15, -0.1) is 0 Å². The van der Waals surface area contributed by atoms with E-state index >= 15 is 0 Å². The number of carbonyl (C=O) groups excluding carboxylic acids is 1. The molecule has 0 saturated carbocycles. The van der Waals surface area contributed by atoms with Crippen LogP contribution in [0.3, 0.4) is 0 Å². The summed E-state index contributed by atoms with van der Waals surface area (Å²) in [5.74, 6) is 0.552. The lowest BCUT2D eigenvalue weighted by molar-refractivity contribution is 0.102. The zero-order valence-electron chi connectivity index (χ0n) is 15.9. The predicted molar refractivity (Wildman–Crippen MR) is 114 cm³/mol. The topological polar surface area (TPSA) is 53.6 Å². The molecule has 0 radical (unpaired) electrons. The Morgan fingerprint density at radius 3 is 2.68 bits per heavy atom. The van der Waals surface area contributed by atoms with E-state index in [-0.39, 0.29) is 5.91 Å². The molecule has 4 rings (SSSR count). The Labute approximate surface area is 171 Å². The van der Waals surface area contributed by atoms with E-state index in [1.54, 1.807) is 0 Å². The molecular weight excluding hydrogens is 374 g/mol. The van der Waals surface area contributed by atoms with Gasteiger partial charge in [0.25, 0.3) is 5.91 Å². The number of ether oxygens (including phenoxy) is 1. The minimum atomic E-state index is -0.143. The summed E-state index contributed by atoms with van der Waals surface area (Å²) in [7, 11) is 0. The Morgan fingerprint density at radius 1 is 1.18 bits per heavy atom. The fourth-order valence-corrected chi connectivity index (χ4v) is 4.00. The van der Waals surface area contributed by atoms with E-state index in [4.69, 9.17) is 16.3 Å². The van der Waals surface area contributed by atoms with Crippen molar-refractivity contribution in [3.63, 3.8) is 0 Å². The molecule has 0 aliphatic carbocycles. The van der Waals surface area contributed by atoms with Gasteiger partial charge in [0.15, 0.2) is 0 Å². The molecule has 1 amide bonds. The van der Waals surface area contributed by atoms with E-state index < -0.39 is 0 Å². The van der Waals surface area contributed by atoms with E-state index in [1.807, 2.05) is 30.3 Å². The second-order valence-corrected chi connectivity index (χ2v) is 7.88. The molecule has 148 valence electrons. The summed E-state index contributed by atoms with van der Waals surface area (Å²) in [4.78, 5) is 14.9. The predicted octanol–water partition coefficient (Wildman–Crippen LogP) is 3.58. The number of halogens is 1. The Kier molecular flexibility index (Phi) is 6.15. The highest BCUT2D eigenvalue weighted by atomic mass is 35.5. The highest BCUT2D eigenvalue weighted by Gasteiger charge is 2.16. The number of morpholine rings is 1. The van der Waals surface area contributed by atoms with Gasteiger partial charge >= 0.3 is 0 Å². The first-order valence-electron chi connectivity index (χ1n) is 9.92. The highest BCUT2D eigenvalue weighted by molar-refractivity contribution is 6.34. The zero-order chi connectivity index (χ0) is 19.3. The van der Waals surface area contributed by atoms with E-state index in [1.165, 1.54) is 12.0 Å². The van der Waals surface area contributed by atoms with Gasteiger partial charge in [-0.3, -0.25) is 4.79 Å². The van der Waals surface area contributed by atoms with Gasteiger partial charge in [-0.1, -0.05) is 23.7 Å². The zero-order valence-corrected chi connectivity index (χ0v) is 16.7. The first-order chi connectivity index (χ1) is 13.7. The largest absolute Gasteiger partial charge is 0.378 e. The molecule has 2 saturated heterocycles. The summed E-state index contributed by atoms with van der Waals surface area (Å²) < 4.78 is 5.41. The van der Waals surface area contributed by atoms with E-state index in [9.17, 15) is 4.79 Å². The van der Waals surface area contributed by atoms with Gasteiger partial charge in [-0.25, -0.2) is 0 Å². The minimum Gasteiger partial charge on any atom is -0.378 e. The summed E-state index contributed by atoms with van der Waals surface area (Å²) >= 11 is 6.32. The molecule has 2 aliphatic heterocycles. The Hall–Kier alpha value is -2.08. The molecular formula is C22H26ClN3O2. The molecule has 0 bridgehead atoms. The SMILES string of the molecule is O=C(Nc1cc(N2CCOCC2)ccc1Cl)c1ccc(CC2CCNC2)cc1. The number of hydrogen-bond acceptors (Lipinski definition) is 4. The smallest absolute Gasteiger partial charge is 0.255 e. The molecule has 2 heterocycles. The third kappa shape index (κ3) is 4.66. The van der Waals surface area contributed by atoms with Crippen molar-refractivity contribution < 1.29 is 9.53 Å². The highest BCUT2D eigenvalue weighted by Crippen LogP contribution is 2.28. The summed E-state index contributed by atoms with van der Waals surface area (Å²) in [6.45, 7) is 5.30. The lowest BCUT2D eigenvalue weighted by Gasteiger charge is -2.29. The normalized spacial score (nSPS) is 19.6. The van der Waals surface area contributed by atoms with Gasteiger partial charge in [-0.05, 0) is 67.7 Å². The fraction of sp³-hybridized carbons (Fsp3) is 0.409. The molecule has 0 spiro atoms. The number of benzene rings is 2. The third-order valence-corrected chi connectivity index (χ3v) is 5.81. The molecule has 28 heavy (non-hydrogen) atoms. The molecule has 2 fully saturated rings. The third-order valence-electron chi connectivity index (χ3n) is 5.48. The maximum absolute atomic E-state index is 12.7. The molecule has 2 aromatic carbocycles. The van der Waals surface area contributed by atoms with E-state index in [0.717, 1.165) is 38.3 Å². The number of amides is 1. The first-order valence-corrected chi connectivity index (χ1v) is 10.3. The lowest BCUT2D eigenvalue weighted by Crippen LogP contribution is -2.36. The van der Waals surface area contributed by atoms with Crippen molar-refractivity contribution in [3.05, 3.63) is 58.6 Å². The maximum Gasteiger partial charge on any atom is 0.255 e. The number of nitrogens with zero attached hydrogens (tertiary/aromatic N) is 1. The van der Waals surface area contributed by atoms with Crippen LogP contribution in [0.5, 0.6) is 0 Å². The molecule has 2 aromatic rings. The summed E-state index contributed by atoms with van der Waals surface area (Å²) in [6.07, 6.45) is 2.28. The van der Waals surface area contributed by atoms with Crippen molar-refractivity contribution in [3.8, 4) is 0 Å². The molecule has 1 unspecified atom stereocenters. The van der Waals surface area contributed by atoms with E-state index in [0.29, 0.717) is 35.4 Å². The fourth-order valence-electron chi connectivity index (χ4n) is 3.84. The van der Waals surface area contributed by atoms with Crippen molar-refractivity contribution in [2.45, 2.75) is 12.8 Å². The average molecular weight is 400 g/mol. The average Bonchev–Trinajstić information content (AvgIpc) is 3.24. The van der Waals surface area contributed by atoms with Crippen LogP contribution in [0.1, 0.15) is 22.3 Å². The number of carbonyl (C=O) groups is 1. The maximum atomic E-state index is 12.7. The standard InChI is InChI=1S/C22H26ClN3O2/c23-20-6-5-19(26-9-11-28-12-10-26)14-21(20)25-22(27)18-3-1-16(2-4-18)13-17-7-8-24-15-17/h1-6,14,17,24H,7-13,15H2,(H,25,27). The second-order valence-electron chi connectivity index (χ2n) is 7.48. The monoisotopic (exact) mass is 399 g/mol. The van der Waals surface area contributed by atoms with Crippen LogP contribution in [0.2, 0.25) is 5.02 Å². The van der Waals surface area contributed by atoms with Crippen LogP contribution in [0.4, 0.5) is 11.4 Å². The van der Waals surface area contributed by atoms with Crippen LogP contribution in [0, 0.1) is 5.92 Å². The minimum absolute atomic E-state index is 0.143. The Balaban J connectivity index is 1.42. The Bertz CT molecular complexity index is 813. The van der Waals surface area contributed by atoms with Gasteiger partial charge in [0.2, 0.25) is 0 Å². The quantitative estimate of drug-likeness (QED) is 0.806. The van der Waals surface area contributed by atoms with Gasteiger partial charge in [0.05, 0.1) is 23.9 Å². The molecule has 6 heteroatoms. The number of rotatable bonds is 5. The van der Waals surface area contributed by atoms with Crippen LogP contribution >= 0.6 is 11.6 Å². The molecule has 2 aliphatic rings. The van der Waals surface area contributed by atoms with Crippen molar-refractivity contribution in [1.29, 1.82) is 0 Å². The summed E-state index contributed by atoms with van der Waals surface area (Å²) in [6, 6.07) is 13.7. The van der Waals surface area contributed by atoms with Crippen molar-refractivity contribution >= 4 is 28.9 Å². The first kappa shape index (κ1) is 19.2. The van der Waals surface area contributed by atoms with Crippen molar-refractivity contribution in [1.82, 2.24) is 5.32 Å². The summed E-state index contributed by atoms with van der Waals surface area (Å²) in [5.41, 5.74) is 3.60. The van der Waals surface area contributed by atoms with Crippen LogP contribution in [0.25, 0.3) is 0 Å². The van der Waals surface area contributed by atoms with E-state index in [2.05, 4.69) is 27.7 Å². The second kappa shape index (κ2) is 8.95. The van der Waals surface area contributed by atoms with Gasteiger partial charge in [0, 0.05) is 24.3 Å². The number of hydrogen-bond donors (Lipinski definition) is 2. The molecule has 0 aromatic heterocycles. The lowest BCUT2D eigenvalue weighted by atomic mass is 9.98. The Morgan fingerprint density at radius 2 is 1.96 bits per heavy atom. The summed E-state index contributed by atoms with van der Waals surface area (Å²) in [5, 5.41) is 6.89. The number of nitrogens with one attached hydrogen (secondary N) is 2. The van der Waals surface area contributed by atoms with Crippen LogP contribution < -0.4 is 15.5 Å². The molecule has 2 N–H and O–H groups in total. The van der Waals surface area contributed by atoms with Crippen LogP contribution in [-0.4, -0.2) is 45.3 Å².